The minimum Gasteiger partial charge on any atom is -0.352 e. The standard InChI is InChI=1S/C18H23N3O3S2/c1-14(18(22)20-13-15-4-2-8-19-12-15)16-6-9-21(10-7-16)26(23,24)17-5-3-11-25-17/h2-5,8,11-12,14,16H,6-7,9-10,13H2,1H3,(H,20,22)/t14-/m1/s1. The van der Waals surface area contributed by atoms with Gasteiger partial charge in [0.25, 0.3) is 10.0 Å². The summed E-state index contributed by atoms with van der Waals surface area (Å²) in [5.41, 5.74) is 0.963. The number of aromatic nitrogens is 1. The van der Waals surface area contributed by atoms with Crippen LogP contribution in [0, 0.1) is 11.8 Å². The fraction of sp³-hybridized carbons (Fsp3) is 0.444. The van der Waals surface area contributed by atoms with Gasteiger partial charge in [0.15, 0.2) is 0 Å². The number of pyridine rings is 1. The highest BCUT2D eigenvalue weighted by molar-refractivity contribution is 7.91. The normalized spacial score (nSPS) is 17.7. The van der Waals surface area contributed by atoms with Gasteiger partial charge >= 0.3 is 0 Å². The summed E-state index contributed by atoms with van der Waals surface area (Å²) in [5, 5.41) is 4.72. The number of rotatable bonds is 6. The molecule has 140 valence electrons. The minimum atomic E-state index is -3.39. The van der Waals surface area contributed by atoms with E-state index in [2.05, 4.69) is 10.3 Å². The van der Waals surface area contributed by atoms with Crippen molar-refractivity contribution in [2.75, 3.05) is 13.1 Å². The van der Waals surface area contributed by atoms with Crippen LogP contribution >= 0.6 is 11.3 Å². The van der Waals surface area contributed by atoms with Crippen LogP contribution in [-0.2, 0) is 21.4 Å². The summed E-state index contributed by atoms with van der Waals surface area (Å²) >= 11 is 1.24. The Kier molecular flexibility index (Phi) is 6.05. The first-order valence-electron chi connectivity index (χ1n) is 8.69. The lowest BCUT2D eigenvalue weighted by Gasteiger charge is -2.33. The molecule has 3 heterocycles. The maximum atomic E-state index is 12.6. The third-order valence-corrected chi connectivity index (χ3v) is 8.17. The van der Waals surface area contributed by atoms with E-state index in [1.165, 1.54) is 15.6 Å². The van der Waals surface area contributed by atoms with Crippen LogP contribution in [0.2, 0.25) is 0 Å². The smallest absolute Gasteiger partial charge is 0.252 e. The van der Waals surface area contributed by atoms with E-state index in [1.54, 1.807) is 29.9 Å². The van der Waals surface area contributed by atoms with Gasteiger partial charge in [0.1, 0.15) is 4.21 Å². The van der Waals surface area contributed by atoms with Gasteiger partial charge in [-0.3, -0.25) is 9.78 Å². The van der Waals surface area contributed by atoms with Crippen molar-refractivity contribution in [2.45, 2.75) is 30.5 Å². The molecule has 1 saturated heterocycles. The first kappa shape index (κ1) is 19.0. The summed E-state index contributed by atoms with van der Waals surface area (Å²) in [6.45, 7) is 3.31. The second kappa shape index (κ2) is 8.28. The van der Waals surface area contributed by atoms with Gasteiger partial charge in [0.05, 0.1) is 0 Å². The molecule has 0 spiro atoms. The molecule has 1 fully saturated rings. The average Bonchev–Trinajstić information content (AvgIpc) is 3.22. The van der Waals surface area contributed by atoms with Crippen LogP contribution in [0.4, 0.5) is 0 Å². The summed E-state index contributed by atoms with van der Waals surface area (Å²) in [6, 6.07) is 7.15. The predicted octanol–water partition coefficient (Wildman–Crippen LogP) is 2.50. The molecule has 1 atom stereocenters. The number of amides is 1. The van der Waals surface area contributed by atoms with Crippen molar-refractivity contribution in [1.82, 2.24) is 14.6 Å². The van der Waals surface area contributed by atoms with Gasteiger partial charge in [0, 0.05) is 37.9 Å². The van der Waals surface area contributed by atoms with E-state index in [0.717, 1.165) is 5.56 Å². The van der Waals surface area contributed by atoms with Crippen molar-refractivity contribution in [3.05, 3.63) is 47.6 Å². The van der Waals surface area contributed by atoms with Gasteiger partial charge in [0.2, 0.25) is 5.91 Å². The van der Waals surface area contributed by atoms with Gasteiger partial charge in [-0.25, -0.2) is 8.42 Å². The molecule has 1 aliphatic heterocycles. The number of piperidine rings is 1. The fourth-order valence-corrected chi connectivity index (χ4v) is 5.83. The van der Waals surface area contributed by atoms with Gasteiger partial charge < -0.3 is 5.32 Å². The van der Waals surface area contributed by atoms with Crippen LogP contribution in [0.5, 0.6) is 0 Å². The number of nitrogens with zero attached hydrogens (tertiary/aromatic N) is 2. The number of hydrogen-bond acceptors (Lipinski definition) is 5. The Bertz CT molecular complexity index is 815. The molecule has 3 rings (SSSR count). The number of carbonyl (C=O) groups is 1. The molecule has 8 heteroatoms. The highest BCUT2D eigenvalue weighted by atomic mass is 32.2. The molecule has 6 nitrogen and oxygen atoms in total. The number of hydrogen-bond donors (Lipinski definition) is 1. The van der Waals surface area contributed by atoms with Crippen molar-refractivity contribution < 1.29 is 13.2 Å². The third-order valence-electron chi connectivity index (χ3n) is 4.90. The van der Waals surface area contributed by atoms with Gasteiger partial charge in [-0.05, 0) is 41.8 Å². The molecule has 0 bridgehead atoms. The number of sulfonamides is 1. The first-order chi connectivity index (χ1) is 12.5. The maximum Gasteiger partial charge on any atom is 0.252 e. The van der Waals surface area contributed by atoms with Crippen LogP contribution in [0.1, 0.15) is 25.3 Å². The second-order valence-corrected chi connectivity index (χ2v) is 9.65. The Morgan fingerprint density at radius 3 is 2.73 bits per heavy atom. The molecule has 0 radical (unpaired) electrons. The van der Waals surface area contributed by atoms with E-state index < -0.39 is 10.0 Å². The molecular weight excluding hydrogens is 370 g/mol. The molecule has 1 N–H and O–H groups in total. The first-order valence-corrected chi connectivity index (χ1v) is 11.0. The lowest BCUT2D eigenvalue weighted by molar-refractivity contribution is -0.126. The maximum absolute atomic E-state index is 12.6. The van der Waals surface area contributed by atoms with Crippen molar-refractivity contribution in [3.63, 3.8) is 0 Å². The van der Waals surface area contributed by atoms with E-state index in [0.29, 0.717) is 36.7 Å². The molecule has 2 aromatic rings. The third kappa shape index (κ3) is 4.31. The predicted molar refractivity (Wildman–Crippen MR) is 101 cm³/mol. The highest BCUT2D eigenvalue weighted by Gasteiger charge is 2.33. The summed E-state index contributed by atoms with van der Waals surface area (Å²) in [5.74, 6) is 0.0605. The van der Waals surface area contributed by atoms with E-state index in [1.807, 2.05) is 19.1 Å². The summed E-state index contributed by atoms with van der Waals surface area (Å²) in [7, 11) is -3.39. The fourth-order valence-electron chi connectivity index (χ4n) is 3.22. The lowest BCUT2D eigenvalue weighted by atomic mass is 9.85. The molecule has 0 aliphatic carbocycles. The van der Waals surface area contributed by atoms with Crippen LogP contribution in [0.25, 0.3) is 0 Å². The zero-order chi connectivity index (χ0) is 18.6. The molecule has 1 aliphatic rings. The topological polar surface area (TPSA) is 79.4 Å². The van der Waals surface area contributed by atoms with Crippen molar-refractivity contribution in [2.24, 2.45) is 11.8 Å². The molecule has 0 unspecified atom stereocenters. The molecule has 0 aromatic carbocycles. The molecule has 2 aromatic heterocycles. The van der Waals surface area contributed by atoms with Gasteiger partial charge in [-0.2, -0.15) is 4.31 Å². The lowest BCUT2D eigenvalue weighted by Crippen LogP contribution is -2.42. The van der Waals surface area contributed by atoms with Crippen LogP contribution in [0.15, 0.2) is 46.2 Å². The minimum absolute atomic E-state index is 0.00779. The van der Waals surface area contributed by atoms with E-state index in [4.69, 9.17) is 0 Å². The van der Waals surface area contributed by atoms with Crippen LogP contribution in [0.3, 0.4) is 0 Å². The molecular formula is C18H23N3O3S2. The Morgan fingerprint density at radius 1 is 1.35 bits per heavy atom. The highest BCUT2D eigenvalue weighted by Crippen LogP contribution is 2.29. The van der Waals surface area contributed by atoms with Gasteiger partial charge in [-0.1, -0.05) is 19.1 Å². The Morgan fingerprint density at radius 2 is 2.12 bits per heavy atom. The SMILES string of the molecule is C[C@@H](C(=O)NCc1cccnc1)C1CCN(S(=O)(=O)c2cccs2)CC1. The van der Waals surface area contributed by atoms with Crippen molar-refractivity contribution >= 4 is 27.3 Å². The molecule has 1 amide bonds. The number of thiophene rings is 1. The second-order valence-electron chi connectivity index (χ2n) is 6.54. The quantitative estimate of drug-likeness (QED) is 0.818. The van der Waals surface area contributed by atoms with Crippen LogP contribution in [-0.4, -0.2) is 36.7 Å². The number of carbonyl (C=O) groups excluding carboxylic acids is 1. The summed E-state index contributed by atoms with van der Waals surface area (Å²) in [4.78, 5) is 16.5. The van der Waals surface area contributed by atoms with E-state index in [9.17, 15) is 13.2 Å². The Labute approximate surface area is 158 Å². The Balaban J connectivity index is 1.51. The largest absolute Gasteiger partial charge is 0.352 e. The average molecular weight is 394 g/mol. The van der Waals surface area contributed by atoms with Gasteiger partial charge in [-0.15, -0.1) is 11.3 Å². The van der Waals surface area contributed by atoms with Crippen molar-refractivity contribution in [1.29, 1.82) is 0 Å². The van der Waals surface area contributed by atoms with Crippen molar-refractivity contribution in [3.8, 4) is 0 Å². The zero-order valence-electron chi connectivity index (χ0n) is 14.7. The summed E-state index contributed by atoms with van der Waals surface area (Å²) < 4.78 is 27.1. The molecule has 0 saturated carbocycles. The summed E-state index contributed by atoms with van der Waals surface area (Å²) in [6.07, 6.45) is 4.84. The van der Waals surface area contributed by atoms with E-state index in [-0.39, 0.29) is 17.7 Å². The monoisotopic (exact) mass is 393 g/mol. The zero-order valence-corrected chi connectivity index (χ0v) is 16.3. The number of nitrogens with one attached hydrogen (secondary N) is 1. The van der Waals surface area contributed by atoms with E-state index >= 15 is 0 Å². The Hall–Kier alpha value is -1.77. The van der Waals surface area contributed by atoms with Crippen LogP contribution < -0.4 is 5.32 Å². The molecule has 26 heavy (non-hydrogen) atoms.